The van der Waals surface area contributed by atoms with Gasteiger partial charge >= 0.3 is 6.03 Å². The second-order valence-electron chi connectivity index (χ2n) is 3.45. The molecular formula is C9H21N3O. The summed E-state index contributed by atoms with van der Waals surface area (Å²) in [5.41, 5.74) is 5.39. The van der Waals surface area contributed by atoms with Crippen molar-refractivity contribution in [3.05, 3.63) is 0 Å². The van der Waals surface area contributed by atoms with E-state index in [4.69, 9.17) is 5.73 Å². The summed E-state index contributed by atoms with van der Waals surface area (Å²) in [6.45, 7) is 7.05. The maximum atomic E-state index is 11.5. The lowest BCUT2D eigenvalue weighted by Gasteiger charge is -2.37. The number of hydrogen-bond donors (Lipinski definition) is 2. The molecule has 0 heterocycles. The van der Waals surface area contributed by atoms with Crippen LogP contribution in [-0.2, 0) is 0 Å². The van der Waals surface area contributed by atoms with Gasteiger partial charge in [0.2, 0.25) is 0 Å². The first-order valence-corrected chi connectivity index (χ1v) is 4.73. The molecule has 1 atom stereocenters. The topological polar surface area (TPSA) is 58.4 Å². The Morgan fingerprint density at radius 2 is 2.08 bits per heavy atom. The third-order valence-corrected chi connectivity index (χ3v) is 2.64. The molecule has 0 spiro atoms. The summed E-state index contributed by atoms with van der Waals surface area (Å²) in [6, 6.07) is -0.0581. The van der Waals surface area contributed by atoms with Crippen LogP contribution >= 0.6 is 0 Å². The highest BCUT2D eigenvalue weighted by Gasteiger charge is 2.28. The minimum atomic E-state index is -0.237. The van der Waals surface area contributed by atoms with E-state index in [1.807, 2.05) is 20.8 Å². The number of nitrogens with zero attached hydrogens (tertiary/aromatic N) is 1. The largest absolute Gasteiger partial charge is 0.338 e. The minimum absolute atomic E-state index is 0.0581. The molecule has 2 amide bonds. The van der Waals surface area contributed by atoms with Gasteiger partial charge in [-0.05, 0) is 20.3 Å². The SMILES string of the molecule is CCNC(=O)N(C)C(C)(CC)CN. The minimum Gasteiger partial charge on any atom is -0.338 e. The van der Waals surface area contributed by atoms with E-state index in [0.717, 1.165) is 6.42 Å². The zero-order valence-electron chi connectivity index (χ0n) is 9.05. The molecule has 0 aliphatic carbocycles. The Morgan fingerprint density at radius 1 is 1.54 bits per heavy atom. The Balaban J connectivity index is 4.36. The maximum Gasteiger partial charge on any atom is 0.317 e. The van der Waals surface area contributed by atoms with Crippen LogP contribution in [0.1, 0.15) is 27.2 Å². The molecule has 78 valence electrons. The smallest absolute Gasteiger partial charge is 0.317 e. The first-order valence-electron chi connectivity index (χ1n) is 4.73. The summed E-state index contributed by atoms with van der Waals surface area (Å²) in [5.74, 6) is 0. The molecule has 13 heavy (non-hydrogen) atoms. The van der Waals surface area contributed by atoms with Gasteiger partial charge < -0.3 is 16.0 Å². The van der Waals surface area contributed by atoms with Crippen molar-refractivity contribution in [2.24, 2.45) is 5.73 Å². The molecule has 0 aliphatic heterocycles. The normalized spacial score (nSPS) is 14.8. The van der Waals surface area contributed by atoms with Gasteiger partial charge in [-0.15, -0.1) is 0 Å². The number of likely N-dealkylation sites (N-methyl/N-ethyl adjacent to an activating group) is 1. The molecule has 1 unspecified atom stereocenters. The van der Waals surface area contributed by atoms with Crippen LogP contribution in [-0.4, -0.2) is 36.6 Å². The predicted octanol–water partition coefficient (Wildman–Crippen LogP) is 0.775. The Kier molecular flexibility index (Phi) is 4.77. The Labute approximate surface area is 80.5 Å². The van der Waals surface area contributed by atoms with Crippen molar-refractivity contribution in [1.82, 2.24) is 10.2 Å². The Bertz CT molecular complexity index is 166. The van der Waals surface area contributed by atoms with Gasteiger partial charge in [-0.25, -0.2) is 4.79 Å². The van der Waals surface area contributed by atoms with Gasteiger partial charge in [-0.2, -0.15) is 0 Å². The molecule has 0 rings (SSSR count). The fourth-order valence-corrected chi connectivity index (χ4v) is 1.03. The van der Waals surface area contributed by atoms with E-state index in [-0.39, 0.29) is 11.6 Å². The van der Waals surface area contributed by atoms with Crippen LogP contribution in [0.15, 0.2) is 0 Å². The lowest BCUT2D eigenvalue weighted by Crippen LogP contribution is -2.54. The van der Waals surface area contributed by atoms with E-state index in [0.29, 0.717) is 13.1 Å². The summed E-state index contributed by atoms with van der Waals surface area (Å²) < 4.78 is 0. The van der Waals surface area contributed by atoms with Gasteiger partial charge in [-0.3, -0.25) is 0 Å². The maximum absolute atomic E-state index is 11.5. The second kappa shape index (κ2) is 5.07. The molecule has 0 aromatic heterocycles. The molecule has 0 aliphatic rings. The number of nitrogens with two attached hydrogens (primary N) is 1. The van der Waals surface area contributed by atoms with E-state index in [1.54, 1.807) is 11.9 Å². The van der Waals surface area contributed by atoms with E-state index < -0.39 is 0 Å². The molecule has 0 fully saturated rings. The molecule has 4 nitrogen and oxygen atoms in total. The van der Waals surface area contributed by atoms with E-state index >= 15 is 0 Å². The van der Waals surface area contributed by atoms with Crippen LogP contribution in [0.25, 0.3) is 0 Å². The Hall–Kier alpha value is -0.770. The van der Waals surface area contributed by atoms with Crippen LogP contribution in [0, 0.1) is 0 Å². The number of carbonyl (C=O) groups excluding carboxylic acids is 1. The van der Waals surface area contributed by atoms with Crippen LogP contribution in [0.5, 0.6) is 0 Å². The number of carbonyl (C=O) groups is 1. The Morgan fingerprint density at radius 3 is 2.38 bits per heavy atom. The fourth-order valence-electron chi connectivity index (χ4n) is 1.03. The summed E-state index contributed by atoms with van der Waals surface area (Å²) in [4.78, 5) is 13.1. The molecule has 4 heteroatoms. The van der Waals surface area contributed by atoms with Crippen molar-refractivity contribution in [3.63, 3.8) is 0 Å². The zero-order valence-corrected chi connectivity index (χ0v) is 9.05. The van der Waals surface area contributed by atoms with Crippen molar-refractivity contribution in [2.45, 2.75) is 32.7 Å². The average molecular weight is 187 g/mol. The molecule has 0 saturated heterocycles. The lowest BCUT2D eigenvalue weighted by molar-refractivity contribution is 0.146. The van der Waals surface area contributed by atoms with Crippen molar-refractivity contribution >= 4 is 6.03 Å². The summed E-state index contributed by atoms with van der Waals surface area (Å²) in [7, 11) is 1.78. The van der Waals surface area contributed by atoms with Gasteiger partial charge in [-0.1, -0.05) is 6.92 Å². The number of amides is 2. The fraction of sp³-hybridized carbons (Fsp3) is 0.889. The van der Waals surface area contributed by atoms with E-state index in [9.17, 15) is 4.79 Å². The monoisotopic (exact) mass is 187 g/mol. The molecule has 0 aromatic rings. The molecule has 0 aromatic carbocycles. The molecule has 0 bridgehead atoms. The molecule has 0 radical (unpaired) electrons. The van der Waals surface area contributed by atoms with Crippen molar-refractivity contribution in [2.75, 3.05) is 20.1 Å². The van der Waals surface area contributed by atoms with Crippen molar-refractivity contribution in [1.29, 1.82) is 0 Å². The third kappa shape index (κ3) is 2.88. The number of rotatable bonds is 4. The first kappa shape index (κ1) is 12.2. The van der Waals surface area contributed by atoms with Crippen LogP contribution < -0.4 is 11.1 Å². The van der Waals surface area contributed by atoms with Crippen LogP contribution in [0.4, 0.5) is 4.79 Å². The molecule has 3 N–H and O–H groups in total. The highest BCUT2D eigenvalue weighted by Crippen LogP contribution is 2.15. The highest BCUT2D eigenvalue weighted by molar-refractivity contribution is 5.74. The van der Waals surface area contributed by atoms with Gasteiger partial charge in [0.15, 0.2) is 0 Å². The number of urea groups is 1. The third-order valence-electron chi connectivity index (χ3n) is 2.64. The highest BCUT2D eigenvalue weighted by atomic mass is 16.2. The predicted molar refractivity (Wildman–Crippen MR) is 54.6 cm³/mol. The molecular weight excluding hydrogens is 166 g/mol. The lowest BCUT2D eigenvalue weighted by atomic mass is 9.98. The number of nitrogens with one attached hydrogen (secondary N) is 1. The van der Waals surface area contributed by atoms with E-state index in [2.05, 4.69) is 5.32 Å². The van der Waals surface area contributed by atoms with E-state index in [1.165, 1.54) is 0 Å². The summed E-state index contributed by atoms with van der Waals surface area (Å²) in [6.07, 6.45) is 0.858. The second-order valence-corrected chi connectivity index (χ2v) is 3.45. The summed E-state index contributed by atoms with van der Waals surface area (Å²) >= 11 is 0. The average Bonchev–Trinajstić information content (AvgIpc) is 2.16. The van der Waals surface area contributed by atoms with Gasteiger partial charge in [0.05, 0.1) is 5.54 Å². The van der Waals surface area contributed by atoms with Crippen LogP contribution in [0.2, 0.25) is 0 Å². The van der Waals surface area contributed by atoms with Crippen molar-refractivity contribution < 1.29 is 4.79 Å². The zero-order chi connectivity index (χ0) is 10.5. The van der Waals surface area contributed by atoms with Gasteiger partial charge in [0, 0.05) is 20.1 Å². The van der Waals surface area contributed by atoms with Crippen LogP contribution in [0.3, 0.4) is 0 Å². The molecule has 0 saturated carbocycles. The van der Waals surface area contributed by atoms with Gasteiger partial charge in [0.1, 0.15) is 0 Å². The number of hydrogen-bond acceptors (Lipinski definition) is 2. The standard InChI is InChI=1S/C9H21N3O/c1-5-9(3,7-10)12(4)8(13)11-6-2/h5-7,10H2,1-4H3,(H,11,13). The first-order chi connectivity index (χ1) is 6.01. The quantitative estimate of drug-likeness (QED) is 0.683. The summed E-state index contributed by atoms with van der Waals surface area (Å²) in [5, 5.41) is 2.75. The van der Waals surface area contributed by atoms with Crippen molar-refractivity contribution in [3.8, 4) is 0 Å². The van der Waals surface area contributed by atoms with Gasteiger partial charge in [0.25, 0.3) is 0 Å².